The lowest BCUT2D eigenvalue weighted by Gasteiger charge is -2.11. The van der Waals surface area contributed by atoms with Crippen LogP contribution in [0.25, 0.3) is 0 Å². The van der Waals surface area contributed by atoms with E-state index >= 15 is 0 Å². The van der Waals surface area contributed by atoms with Gasteiger partial charge in [-0.15, -0.1) is 0 Å². The number of aromatic nitrogens is 1. The van der Waals surface area contributed by atoms with Gasteiger partial charge in [0.2, 0.25) is 5.78 Å². The fraction of sp³-hybridized carbons (Fsp3) is 0.267. The van der Waals surface area contributed by atoms with E-state index < -0.39 is 0 Å². The zero-order valence-electron chi connectivity index (χ0n) is 10.7. The second-order valence-corrected chi connectivity index (χ2v) is 4.53. The van der Waals surface area contributed by atoms with Crippen molar-refractivity contribution in [3.63, 3.8) is 0 Å². The number of rotatable bonds is 2. The van der Waals surface area contributed by atoms with Crippen LogP contribution in [0.3, 0.4) is 0 Å². The monoisotopic (exact) mass is 227 g/mol. The fourth-order valence-electron chi connectivity index (χ4n) is 2.13. The Morgan fingerprint density at radius 1 is 1.06 bits per heavy atom. The molecule has 2 aromatic rings. The first-order valence-corrected chi connectivity index (χ1v) is 5.75. The van der Waals surface area contributed by atoms with E-state index in [0.29, 0.717) is 0 Å². The molecule has 0 saturated heterocycles. The lowest BCUT2D eigenvalue weighted by molar-refractivity contribution is 0.103. The molecule has 0 aliphatic carbocycles. The van der Waals surface area contributed by atoms with Crippen LogP contribution in [-0.2, 0) is 7.05 Å². The highest BCUT2D eigenvalue weighted by Gasteiger charge is 2.17. The van der Waals surface area contributed by atoms with Crippen molar-refractivity contribution in [1.82, 2.24) is 4.57 Å². The van der Waals surface area contributed by atoms with E-state index in [1.54, 1.807) is 0 Å². The molecule has 0 aliphatic heterocycles. The number of benzene rings is 1. The van der Waals surface area contributed by atoms with Gasteiger partial charge in [-0.05, 0) is 49.6 Å². The van der Waals surface area contributed by atoms with Gasteiger partial charge in [0.1, 0.15) is 0 Å². The predicted octanol–water partition coefficient (Wildman–Crippen LogP) is 3.18. The normalized spacial score (nSPS) is 10.6. The summed E-state index contributed by atoms with van der Waals surface area (Å²) < 4.78 is 1.86. The van der Waals surface area contributed by atoms with E-state index in [4.69, 9.17) is 0 Å². The van der Waals surface area contributed by atoms with Gasteiger partial charge in [-0.25, -0.2) is 0 Å². The van der Waals surface area contributed by atoms with Crippen molar-refractivity contribution in [1.29, 1.82) is 0 Å². The summed E-state index contributed by atoms with van der Waals surface area (Å²) in [6, 6.07) is 7.84. The van der Waals surface area contributed by atoms with Crippen molar-refractivity contribution in [2.24, 2.45) is 7.05 Å². The summed E-state index contributed by atoms with van der Waals surface area (Å²) in [5.74, 6) is 0.108. The molecule has 1 aromatic heterocycles. The molecule has 0 saturated carbocycles. The lowest BCUT2D eigenvalue weighted by Crippen LogP contribution is -2.11. The second-order valence-electron chi connectivity index (χ2n) is 4.53. The van der Waals surface area contributed by atoms with Crippen LogP contribution in [0, 0.1) is 20.8 Å². The topological polar surface area (TPSA) is 22.0 Å². The van der Waals surface area contributed by atoms with Crippen LogP contribution in [0.5, 0.6) is 0 Å². The van der Waals surface area contributed by atoms with Crippen LogP contribution < -0.4 is 0 Å². The van der Waals surface area contributed by atoms with E-state index in [1.165, 1.54) is 0 Å². The van der Waals surface area contributed by atoms with Gasteiger partial charge >= 0.3 is 0 Å². The summed E-state index contributed by atoms with van der Waals surface area (Å²) in [5.41, 5.74) is 4.86. The second kappa shape index (κ2) is 4.21. The summed E-state index contributed by atoms with van der Waals surface area (Å²) in [6.45, 7) is 6.04. The molecule has 2 heteroatoms. The summed E-state index contributed by atoms with van der Waals surface area (Å²) in [4.78, 5) is 12.5. The zero-order valence-corrected chi connectivity index (χ0v) is 10.7. The Morgan fingerprint density at radius 3 is 2.29 bits per heavy atom. The summed E-state index contributed by atoms with van der Waals surface area (Å²) >= 11 is 0. The minimum absolute atomic E-state index is 0.108. The molecular formula is C15H17NO. The molecule has 0 N–H and O–H groups in total. The molecule has 0 atom stereocenters. The van der Waals surface area contributed by atoms with E-state index in [9.17, 15) is 4.79 Å². The predicted molar refractivity (Wildman–Crippen MR) is 69.5 cm³/mol. The van der Waals surface area contributed by atoms with Gasteiger partial charge in [-0.3, -0.25) is 4.79 Å². The van der Waals surface area contributed by atoms with Crippen molar-refractivity contribution in [3.8, 4) is 0 Å². The molecule has 2 rings (SSSR count). The van der Waals surface area contributed by atoms with Crippen molar-refractivity contribution in [2.45, 2.75) is 20.8 Å². The molecule has 1 aromatic carbocycles. The third kappa shape index (κ3) is 1.91. The zero-order chi connectivity index (χ0) is 12.6. The highest BCUT2D eigenvalue weighted by Crippen LogP contribution is 2.21. The molecule has 0 radical (unpaired) electrons. The Morgan fingerprint density at radius 2 is 1.71 bits per heavy atom. The Bertz CT molecular complexity index is 579. The largest absolute Gasteiger partial charge is 0.348 e. The van der Waals surface area contributed by atoms with Gasteiger partial charge in [0.05, 0.1) is 5.69 Å². The van der Waals surface area contributed by atoms with Gasteiger partial charge in [0.15, 0.2) is 0 Å². The van der Waals surface area contributed by atoms with Gasteiger partial charge in [-0.1, -0.05) is 12.1 Å². The Kier molecular flexibility index (Phi) is 2.88. The van der Waals surface area contributed by atoms with Gasteiger partial charge in [0.25, 0.3) is 0 Å². The average molecular weight is 227 g/mol. The first-order valence-electron chi connectivity index (χ1n) is 5.75. The molecule has 0 amide bonds. The summed E-state index contributed by atoms with van der Waals surface area (Å²) in [5, 5.41) is 0. The van der Waals surface area contributed by atoms with Crippen LogP contribution in [-0.4, -0.2) is 10.4 Å². The number of carbonyl (C=O) groups is 1. The number of hydrogen-bond donors (Lipinski definition) is 0. The maximum atomic E-state index is 12.5. The number of hydrogen-bond acceptors (Lipinski definition) is 1. The molecule has 0 fully saturated rings. The van der Waals surface area contributed by atoms with Crippen molar-refractivity contribution in [3.05, 3.63) is 58.4 Å². The minimum Gasteiger partial charge on any atom is -0.348 e. The maximum absolute atomic E-state index is 12.5. The third-order valence-corrected chi connectivity index (χ3v) is 3.35. The molecule has 0 bridgehead atoms. The molecule has 0 unspecified atom stereocenters. The average Bonchev–Trinajstić information content (AvgIpc) is 2.70. The van der Waals surface area contributed by atoms with Crippen LogP contribution in [0.15, 0.2) is 30.5 Å². The molecule has 0 spiro atoms. The number of nitrogens with zero attached hydrogens (tertiary/aromatic N) is 1. The first kappa shape index (κ1) is 11.6. The molecule has 2 nitrogen and oxygen atoms in total. The summed E-state index contributed by atoms with van der Waals surface area (Å²) in [7, 11) is 1.90. The maximum Gasteiger partial charge on any atom is 0.209 e. The molecule has 1 heterocycles. The Hall–Kier alpha value is -1.83. The fourth-order valence-corrected chi connectivity index (χ4v) is 2.13. The Labute approximate surface area is 102 Å². The molecule has 17 heavy (non-hydrogen) atoms. The molecule has 0 aliphatic rings. The smallest absolute Gasteiger partial charge is 0.209 e. The van der Waals surface area contributed by atoms with E-state index in [2.05, 4.69) is 6.07 Å². The van der Waals surface area contributed by atoms with Crippen LogP contribution >= 0.6 is 0 Å². The third-order valence-electron chi connectivity index (χ3n) is 3.35. The van der Waals surface area contributed by atoms with Gasteiger partial charge < -0.3 is 4.57 Å². The molecule has 88 valence electrons. The SMILES string of the molecule is Cc1ccc(C)c(C(=O)c2cccn2C)c1C. The van der Waals surface area contributed by atoms with E-state index in [1.807, 2.05) is 56.8 Å². The van der Waals surface area contributed by atoms with E-state index in [0.717, 1.165) is 27.9 Å². The van der Waals surface area contributed by atoms with E-state index in [-0.39, 0.29) is 5.78 Å². The quantitative estimate of drug-likeness (QED) is 0.722. The minimum atomic E-state index is 0.108. The van der Waals surface area contributed by atoms with Crippen LogP contribution in [0.2, 0.25) is 0 Å². The first-order chi connectivity index (χ1) is 8.02. The molecular weight excluding hydrogens is 210 g/mol. The summed E-state index contributed by atoms with van der Waals surface area (Å²) in [6.07, 6.45) is 1.90. The Balaban J connectivity index is 2.59. The van der Waals surface area contributed by atoms with Crippen molar-refractivity contribution < 1.29 is 4.79 Å². The lowest BCUT2D eigenvalue weighted by atomic mass is 9.94. The number of carbonyl (C=O) groups excluding carboxylic acids is 1. The van der Waals surface area contributed by atoms with Gasteiger partial charge in [0, 0.05) is 18.8 Å². The van der Waals surface area contributed by atoms with Crippen molar-refractivity contribution >= 4 is 5.78 Å². The van der Waals surface area contributed by atoms with Crippen LogP contribution in [0.1, 0.15) is 32.7 Å². The van der Waals surface area contributed by atoms with Crippen molar-refractivity contribution in [2.75, 3.05) is 0 Å². The van der Waals surface area contributed by atoms with Gasteiger partial charge in [-0.2, -0.15) is 0 Å². The number of aryl methyl sites for hydroxylation is 3. The standard InChI is InChI=1S/C15H17NO/c1-10-7-8-11(2)14(12(10)3)15(17)13-6-5-9-16(13)4/h5-9H,1-4H3. The highest BCUT2D eigenvalue weighted by molar-refractivity contribution is 6.10. The highest BCUT2D eigenvalue weighted by atomic mass is 16.1. The number of ketones is 1. The van der Waals surface area contributed by atoms with Crippen LogP contribution in [0.4, 0.5) is 0 Å².